The zero-order valence-electron chi connectivity index (χ0n) is 21.1. The van der Waals surface area contributed by atoms with Crippen LogP contribution in [0.4, 0.5) is 21.5 Å². The maximum atomic E-state index is 13.9. The molecule has 1 aliphatic heterocycles. The third-order valence-corrected chi connectivity index (χ3v) is 7.42. The summed E-state index contributed by atoms with van der Waals surface area (Å²) in [5.41, 5.74) is 4.50. The van der Waals surface area contributed by atoms with E-state index in [4.69, 9.17) is 0 Å². The van der Waals surface area contributed by atoms with Gasteiger partial charge in [0.25, 0.3) is 5.91 Å². The van der Waals surface area contributed by atoms with Crippen LogP contribution in [-0.2, 0) is 14.8 Å². The zero-order chi connectivity index (χ0) is 27.0. The highest BCUT2D eigenvalue weighted by atomic mass is 32.2. The van der Waals surface area contributed by atoms with Gasteiger partial charge >= 0.3 is 0 Å². The first-order valence-corrected chi connectivity index (χ1v) is 13.7. The average molecular weight is 535 g/mol. The Morgan fingerprint density at radius 3 is 2.55 bits per heavy atom. The molecule has 4 aromatic rings. The SMILES string of the molecule is CN(C)CCN(c1ccc(N/C(=C2\C(=O)Nc3cc(F)ccc32)c2ccc3nccn3c2)cc1)S(C)(=O)=O. The summed E-state index contributed by atoms with van der Waals surface area (Å²) in [4.78, 5) is 19.3. The molecule has 38 heavy (non-hydrogen) atoms. The molecular formula is C27H27FN6O3S. The van der Waals surface area contributed by atoms with Crippen LogP contribution in [0.1, 0.15) is 11.1 Å². The number of aromatic nitrogens is 2. The van der Waals surface area contributed by atoms with Crippen molar-refractivity contribution in [3.63, 3.8) is 0 Å². The van der Waals surface area contributed by atoms with E-state index in [2.05, 4.69) is 15.6 Å². The van der Waals surface area contributed by atoms with E-state index in [0.29, 0.717) is 52.5 Å². The number of amides is 1. The summed E-state index contributed by atoms with van der Waals surface area (Å²) in [7, 11) is 0.288. The van der Waals surface area contributed by atoms with E-state index in [9.17, 15) is 17.6 Å². The molecule has 0 spiro atoms. The van der Waals surface area contributed by atoms with Crippen LogP contribution < -0.4 is 14.9 Å². The van der Waals surface area contributed by atoms with Crippen LogP contribution in [0.5, 0.6) is 0 Å². The van der Waals surface area contributed by atoms with Crippen molar-refractivity contribution >= 4 is 49.9 Å². The van der Waals surface area contributed by atoms with Crippen LogP contribution in [0.15, 0.2) is 73.2 Å². The molecule has 0 atom stereocenters. The molecule has 9 nitrogen and oxygen atoms in total. The Kier molecular flexibility index (Phi) is 6.64. The van der Waals surface area contributed by atoms with E-state index in [1.807, 2.05) is 47.9 Å². The third kappa shape index (κ3) is 5.11. The lowest BCUT2D eigenvalue weighted by Gasteiger charge is -2.24. The summed E-state index contributed by atoms with van der Waals surface area (Å²) < 4.78 is 41.9. The molecule has 0 fully saturated rings. The van der Waals surface area contributed by atoms with Crippen LogP contribution in [0.3, 0.4) is 0 Å². The van der Waals surface area contributed by atoms with Gasteiger partial charge in [-0.3, -0.25) is 9.10 Å². The first kappa shape index (κ1) is 25.4. The first-order valence-electron chi connectivity index (χ1n) is 11.9. The number of carbonyl (C=O) groups excluding carboxylic acids is 1. The topological polar surface area (TPSA) is 99.0 Å². The molecule has 0 bridgehead atoms. The number of fused-ring (bicyclic) bond motifs is 2. The fourth-order valence-electron chi connectivity index (χ4n) is 4.37. The average Bonchev–Trinajstić information content (AvgIpc) is 3.45. The van der Waals surface area contributed by atoms with Gasteiger partial charge < -0.3 is 19.9 Å². The van der Waals surface area contributed by atoms with Gasteiger partial charge in [0.05, 0.1) is 28.9 Å². The Labute approximate surface area is 220 Å². The van der Waals surface area contributed by atoms with E-state index < -0.39 is 15.8 Å². The number of nitrogens with one attached hydrogen (secondary N) is 2. The van der Waals surface area contributed by atoms with E-state index in [0.717, 1.165) is 5.65 Å². The molecule has 0 radical (unpaired) electrons. The standard InChI is InChI=1S/C27H27FN6O3S/c1-32(2)14-15-34(38(3,36)37)21-8-6-20(7-9-21)30-26(18-4-11-24-29-12-13-33(24)17-18)25-22-10-5-19(28)16-23(22)31-27(25)35/h4-13,16-17,30H,14-15H2,1-3H3,(H,31,35)/b26-25-. The number of hydrogen-bond acceptors (Lipinski definition) is 6. The van der Waals surface area contributed by atoms with E-state index in [1.54, 1.807) is 36.5 Å². The summed E-state index contributed by atoms with van der Waals surface area (Å²) in [5.74, 6) is -0.803. The number of likely N-dealkylation sites (N-methyl/N-ethyl adjacent to an activating group) is 1. The fourth-order valence-corrected chi connectivity index (χ4v) is 5.29. The van der Waals surface area contributed by atoms with Crippen molar-refractivity contribution in [1.82, 2.24) is 14.3 Å². The number of rotatable bonds is 8. The van der Waals surface area contributed by atoms with Crippen molar-refractivity contribution in [2.75, 3.05) is 48.4 Å². The lowest BCUT2D eigenvalue weighted by molar-refractivity contribution is -0.110. The first-order chi connectivity index (χ1) is 18.1. The second-order valence-corrected chi connectivity index (χ2v) is 11.2. The number of imidazole rings is 1. The fraction of sp³-hybridized carbons (Fsp3) is 0.185. The molecule has 5 rings (SSSR count). The van der Waals surface area contributed by atoms with Gasteiger partial charge in [0.2, 0.25) is 10.0 Å². The number of nitrogens with zero attached hydrogens (tertiary/aromatic N) is 4. The van der Waals surface area contributed by atoms with Crippen molar-refractivity contribution in [3.05, 3.63) is 90.1 Å². The van der Waals surface area contributed by atoms with Crippen molar-refractivity contribution in [2.45, 2.75) is 0 Å². The normalized spacial score (nSPS) is 14.5. The van der Waals surface area contributed by atoms with Crippen molar-refractivity contribution in [2.24, 2.45) is 0 Å². The molecule has 1 amide bonds. The molecule has 1 aliphatic rings. The van der Waals surface area contributed by atoms with E-state index in [-0.39, 0.29) is 5.91 Å². The second-order valence-electron chi connectivity index (χ2n) is 9.31. The molecule has 2 aromatic carbocycles. The minimum Gasteiger partial charge on any atom is -0.354 e. The van der Waals surface area contributed by atoms with Crippen LogP contribution in [-0.4, -0.2) is 62.1 Å². The van der Waals surface area contributed by atoms with Gasteiger partial charge in [-0.2, -0.15) is 0 Å². The second kappa shape index (κ2) is 9.92. The van der Waals surface area contributed by atoms with Crippen LogP contribution in [0, 0.1) is 5.82 Å². The Bertz CT molecular complexity index is 1660. The predicted octanol–water partition coefficient (Wildman–Crippen LogP) is 3.73. The van der Waals surface area contributed by atoms with Crippen molar-refractivity contribution in [3.8, 4) is 0 Å². The molecule has 2 N–H and O–H groups in total. The van der Waals surface area contributed by atoms with Gasteiger partial charge in [-0.15, -0.1) is 0 Å². The summed E-state index contributed by atoms with van der Waals surface area (Å²) in [6, 6.07) is 14.8. The summed E-state index contributed by atoms with van der Waals surface area (Å²) >= 11 is 0. The predicted molar refractivity (Wildman–Crippen MR) is 148 cm³/mol. The molecule has 3 heterocycles. The van der Waals surface area contributed by atoms with Crippen LogP contribution in [0.25, 0.3) is 16.9 Å². The number of sulfonamides is 1. The molecule has 0 saturated heterocycles. The number of benzene rings is 2. The monoisotopic (exact) mass is 534 g/mol. The Morgan fingerprint density at radius 2 is 1.84 bits per heavy atom. The number of pyridine rings is 1. The van der Waals surface area contributed by atoms with Gasteiger partial charge in [0.1, 0.15) is 11.5 Å². The smallest absolute Gasteiger partial charge is 0.258 e. The van der Waals surface area contributed by atoms with Gasteiger partial charge in [-0.05, 0) is 68.7 Å². The lowest BCUT2D eigenvalue weighted by atomic mass is 10.0. The molecule has 0 saturated carbocycles. The Hall–Kier alpha value is -4.22. The Morgan fingerprint density at radius 1 is 1.08 bits per heavy atom. The van der Waals surface area contributed by atoms with Gasteiger partial charge in [-0.25, -0.2) is 17.8 Å². The van der Waals surface area contributed by atoms with E-state index >= 15 is 0 Å². The van der Waals surface area contributed by atoms with Crippen LogP contribution >= 0.6 is 0 Å². The third-order valence-electron chi connectivity index (χ3n) is 6.23. The van der Waals surface area contributed by atoms with Gasteiger partial charge in [-0.1, -0.05) is 0 Å². The minimum atomic E-state index is -3.48. The van der Waals surface area contributed by atoms with Crippen molar-refractivity contribution in [1.29, 1.82) is 0 Å². The summed E-state index contributed by atoms with van der Waals surface area (Å²) in [5, 5.41) is 6.10. The number of hydrogen-bond donors (Lipinski definition) is 2. The molecule has 0 unspecified atom stereocenters. The molecule has 11 heteroatoms. The Balaban J connectivity index is 1.56. The largest absolute Gasteiger partial charge is 0.354 e. The zero-order valence-corrected chi connectivity index (χ0v) is 22.0. The van der Waals surface area contributed by atoms with Crippen molar-refractivity contribution < 1.29 is 17.6 Å². The molecular weight excluding hydrogens is 507 g/mol. The van der Waals surface area contributed by atoms with Gasteiger partial charge in [0, 0.05) is 48.5 Å². The minimum absolute atomic E-state index is 0.312. The molecule has 196 valence electrons. The summed E-state index contributed by atoms with van der Waals surface area (Å²) in [6.45, 7) is 0.876. The number of carbonyl (C=O) groups is 1. The number of anilines is 3. The summed E-state index contributed by atoms with van der Waals surface area (Å²) in [6.07, 6.45) is 6.53. The maximum Gasteiger partial charge on any atom is 0.258 e. The van der Waals surface area contributed by atoms with Crippen LogP contribution in [0.2, 0.25) is 0 Å². The highest BCUT2D eigenvalue weighted by molar-refractivity contribution is 7.92. The lowest BCUT2D eigenvalue weighted by Crippen LogP contribution is -2.35. The van der Waals surface area contributed by atoms with Gasteiger partial charge in [0.15, 0.2) is 0 Å². The highest BCUT2D eigenvalue weighted by Gasteiger charge is 2.29. The van der Waals surface area contributed by atoms with E-state index in [1.165, 1.54) is 22.7 Å². The maximum absolute atomic E-state index is 13.9. The molecule has 2 aromatic heterocycles. The highest BCUT2D eigenvalue weighted by Crippen LogP contribution is 2.38. The number of halogens is 1. The molecule has 0 aliphatic carbocycles. The quantitative estimate of drug-likeness (QED) is 0.334.